The molecule has 1 radical (unpaired) electrons. The number of nitrogens with zero attached hydrogens (tertiary/aromatic N) is 2. The van der Waals surface area contributed by atoms with Crippen molar-refractivity contribution in [1.82, 2.24) is 15.0 Å². The van der Waals surface area contributed by atoms with E-state index in [9.17, 15) is 0 Å². The van der Waals surface area contributed by atoms with Gasteiger partial charge in [0.2, 0.25) is 0 Å². The van der Waals surface area contributed by atoms with E-state index < -0.39 is 0 Å². The number of nitrogens with one attached hydrogen (secondary N) is 1. The Balaban J connectivity index is 0.000000500. The molecule has 0 saturated carbocycles. The van der Waals surface area contributed by atoms with Gasteiger partial charge in [-0.1, -0.05) is 0 Å². The Bertz CT molecular complexity index is 287. The van der Waals surface area contributed by atoms with Crippen molar-refractivity contribution in [2.75, 3.05) is 0 Å². The average molecular weight is 158 g/mol. The van der Waals surface area contributed by atoms with Gasteiger partial charge in [0.15, 0.2) is 5.65 Å². The molecular formula is C6H5KN3. The molecule has 0 saturated heterocycles. The Morgan fingerprint density at radius 3 is 3.00 bits per heavy atom. The molecule has 0 aliphatic heterocycles. The average Bonchev–Trinajstić information content (AvgIpc) is 2.33. The van der Waals surface area contributed by atoms with Gasteiger partial charge in [-0.05, 0) is 12.1 Å². The number of aromatic nitrogens is 3. The first kappa shape index (κ1) is 8.35. The molecule has 2 heterocycles. The van der Waals surface area contributed by atoms with Crippen molar-refractivity contribution < 1.29 is 0 Å². The van der Waals surface area contributed by atoms with Crippen LogP contribution in [0.2, 0.25) is 0 Å². The predicted octanol–water partition coefficient (Wildman–Crippen LogP) is 0.577. The number of imidazole rings is 1. The van der Waals surface area contributed by atoms with Crippen LogP contribution in [0.3, 0.4) is 0 Å². The molecule has 0 aromatic carbocycles. The second-order valence-corrected chi connectivity index (χ2v) is 1.78. The van der Waals surface area contributed by atoms with Crippen molar-refractivity contribution in [3.8, 4) is 0 Å². The molecule has 0 atom stereocenters. The van der Waals surface area contributed by atoms with Crippen LogP contribution in [-0.4, -0.2) is 66.3 Å². The first-order chi connectivity index (χ1) is 4.47. The number of hydrogen-bond acceptors (Lipinski definition) is 2. The summed E-state index contributed by atoms with van der Waals surface area (Å²) >= 11 is 0. The number of pyridine rings is 1. The molecule has 0 amide bonds. The van der Waals surface area contributed by atoms with E-state index >= 15 is 0 Å². The third-order valence-corrected chi connectivity index (χ3v) is 1.19. The van der Waals surface area contributed by atoms with E-state index in [0.29, 0.717) is 0 Å². The SMILES string of the molecule is [K].c1cnc2nc[nH]c2c1. The predicted molar refractivity (Wildman–Crippen MR) is 39.6 cm³/mol. The van der Waals surface area contributed by atoms with Gasteiger partial charge in [-0.3, -0.25) is 0 Å². The molecule has 2 aromatic heterocycles. The van der Waals surface area contributed by atoms with Gasteiger partial charge >= 0.3 is 0 Å². The molecule has 0 fully saturated rings. The van der Waals surface area contributed by atoms with Gasteiger partial charge in [-0.2, -0.15) is 0 Å². The van der Waals surface area contributed by atoms with Crippen molar-refractivity contribution in [3.63, 3.8) is 0 Å². The minimum Gasteiger partial charge on any atom is -0.343 e. The zero-order valence-corrected chi connectivity index (χ0v) is 8.83. The van der Waals surface area contributed by atoms with E-state index in [-0.39, 0.29) is 51.4 Å². The van der Waals surface area contributed by atoms with E-state index in [4.69, 9.17) is 0 Å². The molecule has 0 unspecified atom stereocenters. The Hall–Kier alpha value is 0.256. The van der Waals surface area contributed by atoms with E-state index in [1.807, 2.05) is 12.1 Å². The Morgan fingerprint density at radius 1 is 1.30 bits per heavy atom. The van der Waals surface area contributed by atoms with Crippen LogP contribution < -0.4 is 0 Å². The van der Waals surface area contributed by atoms with Crippen molar-refractivity contribution in [3.05, 3.63) is 24.7 Å². The smallest absolute Gasteiger partial charge is 0.177 e. The normalized spacial score (nSPS) is 9.20. The van der Waals surface area contributed by atoms with Crippen LogP contribution in [0, 0.1) is 0 Å². The van der Waals surface area contributed by atoms with Crippen molar-refractivity contribution in [2.45, 2.75) is 0 Å². The fraction of sp³-hybridized carbons (Fsp3) is 0. The molecule has 0 aliphatic rings. The van der Waals surface area contributed by atoms with Crippen LogP contribution in [0.25, 0.3) is 11.2 Å². The van der Waals surface area contributed by atoms with Crippen LogP contribution in [0.4, 0.5) is 0 Å². The second-order valence-electron chi connectivity index (χ2n) is 1.78. The van der Waals surface area contributed by atoms with Crippen LogP contribution in [0.5, 0.6) is 0 Å². The van der Waals surface area contributed by atoms with Crippen LogP contribution >= 0.6 is 0 Å². The fourth-order valence-corrected chi connectivity index (χ4v) is 0.775. The molecule has 4 heteroatoms. The van der Waals surface area contributed by atoms with E-state index in [2.05, 4.69) is 15.0 Å². The topological polar surface area (TPSA) is 41.6 Å². The van der Waals surface area contributed by atoms with E-state index in [0.717, 1.165) is 11.2 Å². The second kappa shape index (κ2) is 3.59. The van der Waals surface area contributed by atoms with Gasteiger partial charge in [0, 0.05) is 57.6 Å². The quantitative estimate of drug-likeness (QED) is 0.570. The summed E-state index contributed by atoms with van der Waals surface area (Å²) in [5, 5.41) is 0. The molecule has 0 spiro atoms. The summed E-state index contributed by atoms with van der Waals surface area (Å²) in [5.41, 5.74) is 1.76. The first-order valence-corrected chi connectivity index (χ1v) is 2.71. The standard InChI is InChI=1S/C6H5N3.K/c1-2-5-6(7-3-1)9-4-8-5;/h1-4H,(H,7,8,9);. The van der Waals surface area contributed by atoms with Crippen molar-refractivity contribution in [2.24, 2.45) is 0 Å². The molecule has 2 rings (SSSR count). The minimum atomic E-state index is 0. The van der Waals surface area contributed by atoms with Crippen LogP contribution in [-0.2, 0) is 0 Å². The zero-order valence-electron chi connectivity index (χ0n) is 5.70. The largest absolute Gasteiger partial charge is 0.343 e. The Morgan fingerprint density at radius 2 is 2.20 bits per heavy atom. The van der Waals surface area contributed by atoms with E-state index in [1.54, 1.807) is 12.5 Å². The summed E-state index contributed by atoms with van der Waals surface area (Å²) in [6.07, 6.45) is 3.36. The number of H-pyrrole nitrogens is 1. The first-order valence-electron chi connectivity index (χ1n) is 2.71. The Labute approximate surface area is 101 Å². The molecule has 45 valence electrons. The summed E-state index contributed by atoms with van der Waals surface area (Å²) in [5.74, 6) is 0. The maximum absolute atomic E-state index is 4.00. The van der Waals surface area contributed by atoms with Gasteiger partial charge in [0.05, 0.1) is 11.8 Å². The molecule has 0 bridgehead atoms. The van der Waals surface area contributed by atoms with Crippen molar-refractivity contribution in [1.29, 1.82) is 0 Å². The van der Waals surface area contributed by atoms with Gasteiger partial charge in [-0.25, -0.2) is 9.97 Å². The van der Waals surface area contributed by atoms with Crippen LogP contribution in [0.1, 0.15) is 0 Å². The van der Waals surface area contributed by atoms with Gasteiger partial charge in [-0.15, -0.1) is 0 Å². The number of hydrogen-bond donors (Lipinski definition) is 1. The molecule has 3 nitrogen and oxygen atoms in total. The van der Waals surface area contributed by atoms with Crippen LogP contribution in [0.15, 0.2) is 24.7 Å². The molecule has 0 aliphatic carbocycles. The summed E-state index contributed by atoms with van der Waals surface area (Å²) < 4.78 is 0. The number of aromatic amines is 1. The fourth-order valence-electron chi connectivity index (χ4n) is 0.775. The van der Waals surface area contributed by atoms with E-state index in [1.165, 1.54) is 0 Å². The molecule has 2 aromatic rings. The minimum absolute atomic E-state index is 0. The summed E-state index contributed by atoms with van der Waals surface area (Å²) in [7, 11) is 0. The maximum Gasteiger partial charge on any atom is 0.177 e. The third kappa shape index (κ3) is 1.46. The van der Waals surface area contributed by atoms with Gasteiger partial charge < -0.3 is 4.98 Å². The van der Waals surface area contributed by atoms with Gasteiger partial charge in [0.25, 0.3) is 0 Å². The molecule has 10 heavy (non-hydrogen) atoms. The third-order valence-electron chi connectivity index (χ3n) is 1.19. The summed E-state index contributed by atoms with van der Waals surface area (Å²) in [6.45, 7) is 0. The number of rotatable bonds is 0. The zero-order chi connectivity index (χ0) is 6.10. The number of fused-ring (bicyclic) bond motifs is 1. The monoisotopic (exact) mass is 158 g/mol. The van der Waals surface area contributed by atoms with Crippen molar-refractivity contribution >= 4 is 62.5 Å². The van der Waals surface area contributed by atoms with Gasteiger partial charge in [0.1, 0.15) is 0 Å². The Kier molecular flexibility index (Phi) is 3.00. The summed E-state index contributed by atoms with van der Waals surface area (Å²) in [4.78, 5) is 10.9. The summed E-state index contributed by atoms with van der Waals surface area (Å²) in [6, 6.07) is 3.82. The molecular weight excluding hydrogens is 153 g/mol. The maximum atomic E-state index is 4.00. The molecule has 1 N–H and O–H groups in total.